The fraction of sp³-hybridized carbons (Fsp3) is 0.533. The van der Waals surface area contributed by atoms with E-state index < -0.39 is 0 Å². The minimum absolute atomic E-state index is 0.0408. The van der Waals surface area contributed by atoms with Crippen LogP contribution in [0.3, 0.4) is 0 Å². The van der Waals surface area contributed by atoms with Crippen molar-refractivity contribution < 1.29 is 4.79 Å². The highest BCUT2D eigenvalue weighted by molar-refractivity contribution is 5.94. The number of hydrogen-bond acceptors (Lipinski definition) is 4. The minimum atomic E-state index is 0.0408. The Morgan fingerprint density at radius 2 is 2.33 bits per heavy atom. The van der Waals surface area contributed by atoms with Gasteiger partial charge in [0, 0.05) is 44.1 Å². The molecule has 0 aliphatic carbocycles. The Labute approximate surface area is 124 Å². The largest absolute Gasteiger partial charge is 0.348 e. The quantitative estimate of drug-likeness (QED) is 0.866. The van der Waals surface area contributed by atoms with Crippen molar-refractivity contribution in [3.05, 3.63) is 35.9 Å². The maximum Gasteiger partial charge on any atom is 0.202 e. The lowest BCUT2D eigenvalue weighted by Gasteiger charge is -2.31. The molecule has 6 nitrogen and oxygen atoms in total. The third-order valence-electron chi connectivity index (χ3n) is 4.23. The summed E-state index contributed by atoms with van der Waals surface area (Å²) in [5, 5.41) is 0. The first kappa shape index (κ1) is 14.0. The molecule has 21 heavy (non-hydrogen) atoms. The predicted octanol–water partition coefficient (Wildman–Crippen LogP) is 1.55. The van der Waals surface area contributed by atoms with Crippen LogP contribution in [0.1, 0.15) is 34.8 Å². The average molecular weight is 287 g/mol. The number of ketones is 1. The number of aryl methyl sites for hydroxylation is 2. The Hall–Kier alpha value is -1.95. The monoisotopic (exact) mass is 287 g/mol. The summed E-state index contributed by atoms with van der Waals surface area (Å²) in [6, 6.07) is 0. The van der Waals surface area contributed by atoms with Crippen LogP contribution in [0.4, 0.5) is 0 Å². The Bertz CT molecular complexity index is 630. The first-order valence-electron chi connectivity index (χ1n) is 7.38. The molecule has 6 heteroatoms. The summed E-state index contributed by atoms with van der Waals surface area (Å²) in [5.74, 6) is 0.767. The fourth-order valence-corrected chi connectivity index (χ4v) is 2.96. The molecular weight excluding hydrogens is 266 g/mol. The molecule has 1 aliphatic rings. The second-order valence-electron chi connectivity index (χ2n) is 5.77. The molecule has 3 rings (SSSR count). The lowest BCUT2D eigenvalue weighted by atomic mass is 9.93. The number of carbonyl (C=O) groups is 1. The zero-order valence-electron chi connectivity index (χ0n) is 12.5. The number of nitrogens with zero attached hydrogens (tertiary/aromatic N) is 4. The first-order chi connectivity index (χ1) is 10.1. The Morgan fingerprint density at radius 3 is 3.00 bits per heavy atom. The number of H-pyrrole nitrogens is 1. The van der Waals surface area contributed by atoms with Crippen molar-refractivity contribution in [3.8, 4) is 0 Å². The SMILES string of the molecule is Cc1[nH]cnc1CN1CCC[C@@H](C(=O)c2nccn2C)C1. The van der Waals surface area contributed by atoms with Crippen molar-refractivity contribution >= 4 is 5.78 Å². The number of likely N-dealkylation sites (tertiary alicyclic amines) is 1. The van der Waals surface area contributed by atoms with E-state index in [1.165, 1.54) is 0 Å². The van der Waals surface area contributed by atoms with Crippen molar-refractivity contribution in [1.29, 1.82) is 0 Å². The summed E-state index contributed by atoms with van der Waals surface area (Å²) in [5.41, 5.74) is 2.17. The van der Waals surface area contributed by atoms with Crippen LogP contribution in [0.2, 0.25) is 0 Å². The van der Waals surface area contributed by atoms with Crippen LogP contribution in [0.15, 0.2) is 18.7 Å². The van der Waals surface area contributed by atoms with Gasteiger partial charge in [0.05, 0.1) is 12.0 Å². The van der Waals surface area contributed by atoms with E-state index in [0.29, 0.717) is 5.82 Å². The van der Waals surface area contributed by atoms with Gasteiger partial charge in [-0.2, -0.15) is 0 Å². The van der Waals surface area contributed by atoms with E-state index in [9.17, 15) is 4.79 Å². The summed E-state index contributed by atoms with van der Waals surface area (Å²) >= 11 is 0. The van der Waals surface area contributed by atoms with Gasteiger partial charge in [0.1, 0.15) is 0 Å². The van der Waals surface area contributed by atoms with Crippen LogP contribution in [0, 0.1) is 12.8 Å². The van der Waals surface area contributed by atoms with Crippen molar-refractivity contribution in [2.24, 2.45) is 13.0 Å². The summed E-state index contributed by atoms with van der Waals surface area (Å²) in [6.07, 6.45) is 7.22. The molecule has 2 aromatic rings. The van der Waals surface area contributed by atoms with Gasteiger partial charge >= 0.3 is 0 Å². The van der Waals surface area contributed by atoms with E-state index in [4.69, 9.17) is 0 Å². The van der Waals surface area contributed by atoms with Gasteiger partial charge in [0.15, 0.2) is 5.82 Å². The standard InChI is InChI=1S/C15H21N5O/c1-11-13(18-10-17-11)9-20-6-3-4-12(8-20)14(21)15-16-5-7-19(15)2/h5,7,10,12H,3-4,6,8-9H2,1-2H3,(H,17,18)/t12-/m1/s1. The summed E-state index contributed by atoms with van der Waals surface area (Å²) in [7, 11) is 1.87. The van der Waals surface area contributed by atoms with Crippen molar-refractivity contribution in [1.82, 2.24) is 24.4 Å². The van der Waals surface area contributed by atoms with Gasteiger partial charge in [-0.1, -0.05) is 0 Å². The molecule has 1 N–H and O–H groups in total. The van der Waals surface area contributed by atoms with Crippen LogP contribution in [-0.4, -0.2) is 43.3 Å². The lowest BCUT2D eigenvalue weighted by Crippen LogP contribution is -2.39. The number of aromatic nitrogens is 4. The Morgan fingerprint density at radius 1 is 1.48 bits per heavy atom. The van der Waals surface area contributed by atoms with E-state index in [2.05, 4.69) is 19.9 Å². The summed E-state index contributed by atoms with van der Waals surface area (Å²) < 4.78 is 1.80. The minimum Gasteiger partial charge on any atom is -0.348 e. The molecule has 0 bridgehead atoms. The molecule has 1 fully saturated rings. The van der Waals surface area contributed by atoms with Gasteiger partial charge in [-0.25, -0.2) is 9.97 Å². The molecule has 0 unspecified atom stereocenters. The smallest absolute Gasteiger partial charge is 0.202 e. The van der Waals surface area contributed by atoms with E-state index in [-0.39, 0.29) is 11.7 Å². The topological polar surface area (TPSA) is 66.8 Å². The predicted molar refractivity (Wildman–Crippen MR) is 78.9 cm³/mol. The number of hydrogen-bond donors (Lipinski definition) is 1. The number of Topliss-reactive ketones (excluding diaryl/α,β-unsaturated/α-hetero) is 1. The number of rotatable bonds is 4. The third kappa shape index (κ3) is 2.90. The van der Waals surface area contributed by atoms with E-state index in [1.54, 1.807) is 17.1 Å². The van der Waals surface area contributed by atoms with Crippen LogP contribution >= 0.6 is 0 Å². The normalized spacial score (nSPS) is 19.8. The zero-order valence-corrected chi connectivity index (χ0v) is 12.5. The molecule has 112 valence electrons. The lowest BCUT2D eigenvalue weighted by molar-refractivity contribution is 0.0796. The van der Waals surface area contributed by atoms with Crippen molar-refractivity contribution in [2.45, 2.75) is 26.3 Å². The Kier molecular flexibility index (Phi) is 3.88. The fourth-order valence-electron chi connectivity index (χ4n) is 2.96. The van der Waals surface area contributed by atoms with E-state index >= 15 is 0 Å². The number of piperidine rings is 1. The summed E-state index contributed by atoms with van der Waals surface area (Å²) in [6.45, 7) is 4.65. The van der Waals surface area contributed by atoms with Gasteiger partial charge in [-0.3, -0.25) is 9.69 Å². The molecule has 1 saturated heterocycles. The maximum atomic E-state index is 12.6. The highest BCUT2D eigenvalue weighted by Crippen LogP contribution is 2.21. The van der Waals surface area contributed by atoms with Crippen molar-refractivity contribution in [2.75, 3.05) is 13.1 Å². The summed E-state index contributed by atoms with van der Waals surface area (Å²) in [4.78, 5) is 26.5. The number of nitrogens with one attached hydrogen (secondary N) is 1. The molecule has 0 saturated carbocycles. The van der Waals surface area contributed by atoms with Crippen LogP contribution < -0.4 is 0 Å². The highest BCUT2D eigenvalue weighted by Gasteiger charge is 2.29. The second-order valence-corrected chi connectivity index (χ2v) is 5.77. The van der Waals surface area contributed by atoms with E-state index in [1.807, 2.05) is 20.2 Å². The first-order valence-corrected chi connectivity index (χ1v) is 7.38. The van der Waals surface area contributed by atoms with Crippen LogP contribution in [-0.2, 0) is 13.6 Å². The highest BCUT2D eigenvalue weighted by atomic mass is 16.1. The molecular formula is C15H21N5O. The maximum absolute atomic E-state index is 12.6. The van der Waals surface area contributed by atoms with Gasteiger partial charge < -0.3 is 9.55 Å². The molecule has 0 aromatic carbocycles. The average Bonchev–Trinajstić information content (AvgIpc) is 3.08. The number of carbonyl (C=O) groups excluding carboxylic acids is 1. The molecule has 0 radical (unpaired) electrons. The third-order valence-corrected chi connectivity index (χ3v) is 4.23. The molecule has 3 heterocycles. The van der Waals surface area contributed by atoms with Crippen molar-refractivity contribution in [3.63, 3.8) is 0 Å². The molecule has 1 aliphatic heterocycles. The molecule has 0 amide bonds. The van der Waals surface area contributed by atoms with Gasteiger partial charge in [0.25, 0.3) is 0 Å². The van der Waals surface area contributed by atoms with Gasteiger partial charge in [-0.15, -0.1) is 0 Å². The number of imidazole rings is 2. The van der Waals surface area contributed by atoms with E-state index in [0.717, 1.165) is 43.9 Å². The Balaban J connectivity index is 1.67. The zero-order chi connectivity index (χ0) is 14.8. The number of aromatic amines is 1. The van der Waals surface area contributed by atoms with Gasteiger partial charge in [0.2, 0.25) is 5.78 Å². The second kappa shape index (κ2) is 5.81. The molecule has 1 atom stereocenters. The van der Waals surface area contributed by atoms with Gasteiger partial charge in [-0.05, 0) is 26.3 Å². The van der Waals surface area contributed by atoms with Crippen LogP contribution in [0.5, 0.6) is 0 Å². The molecule has 0 spiro atoms. The molecule has 2 aromatic heterocycles. The van der Waals surface area contributed by atoms with Crippen LogP contribution in [0.25, 0.3) is 0 Å².